The SMILES string of the molecule is Cc1nnnn1C1CCCCCC(N)CCC1. The van der Waals surface area contributed by atoms with Crippen molar-refractivity contribution in [2.24, 2.45) is 5.73 Å². The maximum absolute atomic E-state index is 6.07. The molecule has 0 radical (unpaired) electrons. The minimum atomic E-state index is 0.392. The summed E-state index contributed by atoms with van der Waals surface area (Å²) in [6.45, 7) is 1.98. The molecule has 0 saturated heterocycles. The molecule has 17 heavy (non-hydrogen) atoms. The highest BCUT2D eigenvalue weighted by Crippen LogP contribution is 2.24. The van der Waals surface area contributed by atoms with Gasteiger partial charge in [0.2, 0.25) is 0 Å². The molecule has 2 rings (SSSR count). The van der Waals surface area contributed by atoms with Gasteiger partial charge in [0.1, 0.15) is 5.82 Å². The van der Waals surface area contributed by atoms with Crippen LogP contribution in [-0.4, -0.2) is 26.2 Å². The fourth-order valence-electron chi connectivity index (χ4n) is 2.69. The first-order valence-corrected chi connectivity index (χ1v) is 6.77. The summed E-state index contributed by atoms with van der Waals surface area (Å²) in [6.07, 6.45) is 9.67. The first-order valence-electron chi connectivity index (χ1n) is 6.77. The number of rotatable bonds is 1. The van der Waals surface area contributed by atoms with Crippen molar-refractivity contribution in [2.75, 3.05) is 0 Å². The summed E-state index contributed by atoms with van der Waals surface area (Å²) in [5.41, 5.74) is 6.07. The van der Waals surface area contributed by atoms with E-state index in [1.54, 1.807) is 0 Å². The van der Waals surface area contributed by atoms with E-state index in [1.165, 1.54) is 38.5 Å². The molecule has 96 valence electrons. The molecule has 1 aliphatic rings. The van der Waals surface area contributed by atoms with Gasteiger partial charge in [0, 0.05) is 6.04 Å². The fourth-order valence-corrected chi connectivity index (χ4v) is 2.69. The molecule has 2 N–H and O–H groups in total. The minimum Gasteiger partial charge on any atom is -0.328 e. The molecule has 0 aromatic carbocycles. The van der Waals surface area contributed by atoms with Crippen LogP contribution in [0.1, 0.15) is 63.2 Å². The van der Waals surface area contributed by atoms with E-state index in [0.29, 0.717) is 12.1 Å². The lowest BCUT2D eigenvalue weighted by Gasteiger charge is -2.20. The second kappa shape index (κ2) is 6.10. The molecule has 1 aromatic heterocycles. The van der Waals surface area contributed by atoms with Gasteiger partial charge in [-0.25, -0.2) is 4.68 Å². The van der Waals surface area contributed by atoms with Crippen LogP contribution in [0.25, 0.3) is 0 Å². The number of nitrogens with two attached hydrogens (primary N) is 1. The van der Waals surface area contributed by atoms with Crippen LogP contribution in [0.3, 0.4) is 0 Å². The molecule has 2 unspecified atom stereocenters. The van der Waals surface area contributed by atoms with E-state index in [1.807, 2.05) is 11.6 Å². The molecule has 0 aliphatic heterocycles. The quantitative estimate of drug-likeness (QED) is 0.811. The molecule has 0 bridgehead atoms. The van der Waals surface area contributed by atoms with E-state index in [2.05, 4.69) is 15.5 Å². The molecule has 1 aromatic rings. The Balaban J connectivity index is 1.98. The average molecular weight is 237 g/mol. The first kappa shape index (κ1) is 12.5. The normalized spacial score (nSPS) is 27.9. The topological polar surface area (TPSA) is 69.6 Å². The maximum atomic E-state index is 6.07. The Kier molecular flexibility index (Phi) is 4.48. The molecule has 1 saturated carbocycles. The van der Waals surface area contributed by atoms with Gasteiger partial charge in [-0.2, -0.15) is 0 Å². The highest BCUT2D eigenvalue weighted by atomic mass is 15.5. The van der Waals surface area contributed by atoms with Crippen LogP contribution in [0.5, 0.6) is 0 Å². The molecular formula is C12H23N5. The van der Waals surface area contributed by atoms with Crippen molar-refractivity contribution in [1.82, 2.24) is 20.2 Å². The van der Waals surface area contributed by atoms with Gasteiger partial charge in [0.25, 0.3) is 0 Å². The standard InChI is InChI=1S/C12H23N5/c1-10-14-15-16-17(10)12-8-4-2-3-6-11(13)7-5-9-12/h11-12H,2-9,13H2,1H3. The van der Waals surface area contributed by atoms with Crippen molar-refractivity contribution < 1.29 is 0 Å². The monoisotopic (exact) mass is 237 g/mol. The van der Waals surface area contributed by atoms with Crippen molar-refractivity contribution in [3.8, 4) is 0 Å². The van der Waals surface area contributed by atoms with E-state index in [0.717, 1.165) is 18.7 Å². The summed E-state index contributed by atoms with van der Waals surface area (Å²) < 4.78 is 1.99. The van der Waals surface area contributed by atoms with Gasteiger partial charge in [-0.3, -0.25) is 0 Å². The molecule has 1 fully saturated rings. The largest absolute Gasteiger partial charge is 0.328 e. The molecule has 2 atom stereocenters. The number of tetrazole rings is 1. The van der Waals surface area contributed by atoms with E-state index >= 15 is 0 Å². The Morgan fingerprint density at radius 1 is 1.06 bits per heavy atom. The molecule has 5 heteroatoms. The number of hydrogen-bond acceptors (Lipinski definition) is 4. The molecular weight excluding hydrogens is 214 g/mol. The number of aryl methyl sites for hydroxylation is 1. The third-order valence-electron chi connectivity index (χ3n) is 3.73. The molecule has 1 aliphatic carbocycles. The average Bonchev–Trinajstić information content (AvgIpc) is 2.73. The van der Waals surface area contributed by atoms with Crippen LogP contribution in [0.2, 0.25) is 0 Å². The van der Waals surface area contributed by atoms with Crippen molar-refractivity contribution in [3.63, 3.8) is 0 Å². The Hall–Kier alpha value is -0.970. The van der Waals surface area contributed by atoms with Crippen molar-refractivity contribution in [2.45, 2.75) is 70.4 Å². The summed E-state index contributed by atoms with van der Waals surface area (Å²) in [5.74, 6) is 0.927. The van der Waals surface area contributed by atoms with Crippen molar-refractivity contribution >= 4 is 0 Å². The summed E-state index contributed by atoms with van der Waals surface area (Å²) >= 11 is 0. The third-order valence-corrected chi connectivity index (χ3v) is 3.73. The molecule has 5 nitrogen and oxygen atoms in total. The zero-order valence-corrected chi connectivity index (χ0v) is 10.7. The van der Waals surface area contributed by atoms with Crippen molar-refractivity contribution in [1.29, 1.82) is 0 Å². The Labute approximate surface area is 103 Å². The second-order valence-corrected chi connectivity index (χ2v) is 5.15. The van der Waals surface area contributed by atoms with Gasteiger partial charge in [-0.15, -0.1) is 5.10 Å². The summed E-state index contributed by atoms with van der Waals surface area (Å²) in [7, 11) is 0. The highest BCUT2D eigenvalue weighted by molar-refractivity contribution is 4.80. The fraction of sp³-hybridized carbons (Fsp3) is 0.917. The van der Waals surface area contributed by atoms with E-state index in [-0.39, 0.29) is 0 Å². The van der Waals surface area contributed by atoms with Gasteiger partial charge in [0.05, 0.1) is 6.04 Å². The van der Waals surface area contributed by atoms with E-state index < -0.39 is 0 Å². The van der Waals surface area contributed by atoms with Crippen LogP contribution in [0, 0.1) is 6.92 Å². The van der Waals surface area contributed by atoms with Crippen LogP contribution < -0.4 is 5.73 Å². The molecule has 1 heterocycles. The van der Waals surface area contributed by atoms with Crippen LogP contribution in [-0.2, 0) is 0 Å². The zero-order valence-electron chi connectivity index (χ0n) is 10.7. The minimum absolute atomic E-state index is 0.392. The molecule has 0 amide bonds. The van der Waals surface area contributed by atoms with Crippen LogP contribution >= 0.6 is 0 Å². The molecule has 0 spiro atoms. The summed E-state index contributed by atoms with van der Waals surface area (Å²) in [4.78, 5) is 0. The van der Waals surface area contributed by atoms with Crippen molar-refractivity contribution in [3.05, 3.63) is 5.82 Å². The predicted octanol–water partition coefficient (Wildman–Crippen LogP) is 1.98. The second-order valence-electron chi connectivity index (χ2n) is 5.15. The van der Waals surface area contributed by atoms with Crippen LogP contribution in [0.15, 0.2) is 0 Å². The smallest absolute Gasteiger partial charge is 0.148 e. The summed E-state index contributed by atoms with van der Waals surface area (Å²) in [6, 6.07) is 0.860. The lowest BCUT2D eigenvalue weighted by Crippen LogP contribution is -2.21. The van der Waals surface area contributed by atoms with E-state index in [4.69, 9.17) is 5.73 Å². The number of nitrogens with zero attached hydrogens (tertiary/aromatic N) is 4. The maximum Gasteiger partial charge on any atom is 0.148 e. The predicted molar refractivity (Wildman–Crippen MR) is 66.5 cm³/mol. The Bertz CT molecular complexity index is 335. The third kappa shape index (κ3) is 3.49. The Morgan fingerprint density at radius 3 is 2.53 bits per heavy atom. The lowest BCUT2D eigenvalue weighted by atomic mass is 9.95. The van der Waals surface area contributed by atoms with Gasteiger partial charge >= 0.3 is 0 Å². The first-order chi connectivity index (χ1) is 8.27. The number of aromatic nitrogens is 4. The van der Waals surface area contributed by atoms with Gasteiger partial charge < -0.3 is 5.73 Å². The lowest BCUT2D eigenvalue weighted by molar-refractivity contribution is 0.337. The number of hydrogen-bond donors (Lipinski definition) is 1. The van der Waals surface area contributed by atoms with Gasteiger partial charge in [-0.1, -0.05) is 19.3 Å². The van der Waals surface area contributed by atoms with Gasteiger partial charge in [0.15, 0.2) is 0 Å². The van der Waals surface area contributed by atoms with Crippen LogP contribution in [0.4, 0.5) is 0 Å². The summed E-state index contributed by atoms with van der Waals surface area (Å²) in [5, 5.41) is 11.8. The van der Waals surface area contributed by atoms with Gasteiger partial charge in [-0.05, 0) is 49.5 Å². The Morgan fingerprint density at radius 2 is 1.76 bits per heavy atom. The highest BCUT2D eigenvalue weighted by Gasteiger charge is 2.16. The van der Waals surface area contributed by atoms with E-state index in [9.17, 15) is 0 Å². The zero-order chi connectivity index (χ0) is 12.1.